The molecule has 1 saturated heterocycles. The molecule has 2 aromatic rings. The van der Waals surface area contributed by atoms with E-state index < -0.39 is 0 Å². The van der Waals surface area contributed by atoms with Crippen molar-refractivity contribution in [3.63, 3.8) is 0 Å². The van der Waals surface area contributed by atoms with Gasteiger partial charge in [-0.25, -0.2) is 0 Å². The summed E-state index contributed by atoms with van der Waals surface area (Å²) in [5, 5.41) is 9.44. The van der Waals surface area contributed by atoms with Crippen LogP contribution in [0.5, 0.6) is 5.75 Å². The quantitative estimate of drug-likeness (QED) is 0.336. The lowest BCUT2D eigenvalue weighted by Crippen LogP contribution is -2.57. The first kappa shape index (κ1) is 23.7. The highest BCUT2D eigenvalue weighted by Gasteiger charge is 2.53. The number of amides is 1. The summed E-state index contributed by atoms with van der Waals surface area (Å²) in [4.78, 5) is 18.7. The minimum absolute atomic E-state index is 0.0990. The van der Waals surface area contributed by atoms with Gasteiger partial charge in [0.25, 0.3) is 5.91 Å². The van der Waals surface area contributed by atoms with Gasteiger partial charge in [-0.2, -0.15) is 0 Å². The zero-order valence-electron chi connectivity index (χ0n) is 19.9. The van der Waals surface area contributed by atoms with Gasteiger partial charge in [0.2, 0.25) is 0 Å². The summed E-state index contributed by atoms with van der Waals surface area (Å²) in [6.45, 7) is 0.151. The van der Waals surface area contributed by atoms with Crippen molar-refractivity contribution < 1.29 is 14.6 Å². The number of rotatable bonds is 7. The van der Waals surface area contributed by atoms with Crippen LogP contribution in [0.1, 0.15) is 49.0 Å². The van der Waals surface area contributed by atoms with Gasteiger partial charge in [-0.15, -0.1) is 11.3 Å². The summed E-state index contributed by atoms with van der Waals surface area (Å²) < 4.78 is 6.15. The first-order valence-corrected chi connectivity index (χ1v) is 14.7. The molecule has 4 saturated carbocycles. The van der Waals surface area contributed by atoms with Crippen LogP contribution < -0.4 is 4.74 Å². The second kappa shape index (κ2) is 9.66. The normalized spacial score (nSPS) is 30.6. The van der Waals surface area contributed by atoms with Gasteiger partial charge >= 0.3 is 0 Å². The Morgan fingerprint density at radius 2 is 1.89 bits per heavy atom. The van der Waals surface area contributed by atoms with Crippen LogP contribution in [0, 0.1) is 23.7 Å². The smallest absolute Gasteiger partial charge is 0.266 e. The van der Waals surface area contributed by atoms with Crippen molar-refractivity contribution in [2.75, 3.05) is 13.7 Å². The number of hydrogen-bond donors (Lipinski definition) is 1. The number of aryl methyl sites for hydroxylation is 1. The molecule has 2 heterocycles. The Kier molecular flexibility index (Phi) is 6.54. The summed E-state index contributed by atoms with van der Waals surface area (Å²) in [6.07, 6.45) is 10.0. The lowest BCUT2D eigenvalue weighted by molar-refractivity contribution is -0.130. The summed E-state index contributed by atoms with van der Waals surface area (Å²) in [7, 11) is 1.68. The number of nitrogens with zero attached hydrogens (tertiary/aromatic N) is 1. The number of benzene rings is 1. The minimum Gasteiger partial charge on any atom is -0.497 e. The Hall–Kier alpha value is -1.67. The first-order chi connectivity index (χ1) is 17.0. The van der Waals surface area contributed by atoms with Crippen LogP contribution in [0.3, 0.4) is 0 Å². The molecule has 4 bridgehead atoms. The van der Waals surface area contributed by atoms with Gasteiger partial charge in [0.1, 0.15) is 10.1 Å². The maximum atomic E-state index is 13.7. The zero-order valence-corrected chi connectivity index (χ0v) is 22.4. The molecule has 5 aliphatic rings. The van der Waals surface area contributed by atoms with Gasteiger partial charge in [-0.05, 0) is 104 Å². The third kappa shape index (κ3) is 4.39. The molecule has 184 valence electrons. The number of thiophene rings is 1. The molecule has 7 rings (SSSR count). The van der Waals surface area contributed by atoms with Crippen LogP contribution in [-0.4, -0.2) is 40.0 Å². The van der Waals surface area contributed by atoms with Crippen LogP contribution in [0.15, 0.2) is 35.2 Å². The van der Waals surface area contributed by atoms with Gasteiger partial charge in [0, 0.05) is 22.4 Å². The second-order valence-electron chi connectivity index (χ2n) is 10.5. The van der Waals surface area contributed by atoms with Crippen LogP contribution in [-0.2, 0) is 11.2 Å². The van der Waals surface area contributed by atoms with E-state index in [4.69, 9.17) is 17.0 Å². The van der Waals surface area contributed by atoms with Crippen molar-refractivity contribution in [1.82, 2.24) is 4.90 Å². The number of hydrogen-bond acceptors (Lipinski definition) is 6. The predicted octanol–water partition coefficient (Wildman–Crippen LogP) is 6.37. The van der Waals surface area contributed by atoms with Crippen molar-refractivity contribution in [1.29, 1.82) is 0 Å². The average molecular weight is 526 g/mol. The van der Waals surface area contributed by atoms with Crippen molar-refractivity contribution in [3.8, 4) is 16.2 Å². The molecule has 1 aromatic carbocycles. The topological polar surface area (TPSA) is 49.8 Å². The predicted molar refractivity (Wildman–Crippen MR) is 148 cm³/mol. The highest BCUT2D eigenvalue weighted by molar-refractivity contribution is 8.26. The molecule has 4 aliphatic carbocycles. The van der Waals surface area contributed by atoms with Crippen LogP contribution in [0.4, 0.5) is 0 Å². The molecular formula is C28H31NO3S3. The summed E-state index contributed by atoms with van der Waals surface area (Å²) in [5.41, 5.74) is 2.27. The Bertz CT molecular complexity index is 1160. The fourth-order valence-corrected chi connectivity index (χ4v) is 9.68. The van der Waals surface area contributed by atoms with Crippen molar-refractivity contribution in [2.45, 2.75) is 51.0 Å². The maximum absolute atomic E-state index is 13.7. The van der Waals surface area contributed by atoms with E-state index in [1.54, 1.807) is 18.4 Å². The molecule has 4 nitrogen and oxygen atoms in total. The number of carbonyl (C=O) groups is 1. The van der Waals surface area contributed by atoms with E-state index >= 15 is 0 Å². The first-order valence-electron chi connectivity index (χ1n) is 12.7. The van der Waals surface area contributed by atoms with Gasteiger partial charge in [0.15, 0.2) is 0 Å². The lowest BCUT2D eigenvalue weighted by atomic mass is 9.54. The Balaban J connectivity index is 1.30. The fourth-order valence-electron chi connectivity index (χ4n) is 7.12. The van der Waals surface area contributed by atoms with Crippen molar-refractivity contribution in [2.24, 2.45) is 23.7 Å². The molecule has 1 aliphatic heterocycles. The van der Waals surface area contributed by atoms with Crippen LogP contribution in [0.25, 0.3) is 16.5 Å². The fraction of sp³-hybridized carbons (Fsp3) is 0.500. The van der Waals surface area contributed by atoms with Crippen molar-refractivity contribution >= 4 is 51.6 Å². The molecule has 0 atom stereocenters. The molecule has 7 heteroatoms. The Morgan fingerprint density at radius 3 is 2.57 bits per heavy atom. The molecule has 35 heavy (non-hydrogen) atoms. The van der Waals surface area contributed by atoms with Crippen molar-refractivity contribution in [3.05, 3.63) is 45.7 Å². The number of methoxy groups -OCH3 is 1. The van der Waals surface area contributed by atoms with E-state index in [9.17, 15) is 9.90 Å². The number of ether oxygens (including phenoxy) is 1. The minimum atomic E-state index is 0.0990. The maximum Gasteiger partial charge on any atom is 0.266 e. The zero-order chi connectivity index (χ0) is 24.1. The van der Waals surface area contributed by atoms with E-state index in [0.29, 0.717) is 24.3 Å². The molecule has 0 unspecified atom stereocenters. The molecule has 5 fully saturated rings. The summed E-state index contributed by atoms with van der Waals surface area (Å²) in [6, 6.07) is 10.6. The number of aliphatic hydroxyl groups excluding tert-OH is 1. The molecule has 0 spiro atoms. The Labute approximate surface area is 220 Å². The van der Waals surface area contributed by atoms with Crippen LogP contribution in [0.2, 0.25) is 0 Å². The number of aliphatic hydroxyl groups is 1. The molecular weight excluding hydrogens is 495 g/mol. The van der Waals surface area contributed by atoms with Crippen LogP contribution >= 0.6 is 35.3 Å². The number of carbonyl (C=O) groups excluding carboxylic acids is 1. The van der Waals surface area contributed by atoms with E-state index in [0.717, 1.165) is 48.5 Å². The van der Waals surface area contributed by atoms with Gasteiger partial charge in [-0.3, -0.25) is 9.69 Å². The average Bonchev–Trinajstić information content (AvgIpc) is 3.38. The highest BCUT2D eigenvalue weighted by Crippen LogP contribution is 2.56. The summed E-state index contributed by atoms with van der Waals surface area (Å²) >= 11 is 8.97. The monoisotopic (exact) mass is 525 g/mol. The van der Waals surface area contributed by atoms with Gasteiger partial charge in [-0.1, -0.05) is 36.1 Å². The number of thiocarbonyl (C=S) groups is 1. The lowest BCUT2D eigenvalue weighted by Gasteiger charge is -2.56. The summed E-state index contributed by atoms with van der Waals surface area (Å²) in [5.74, 6) is 3.91. The largest absolute Gasteiger partial charge is 0.497 e. The molecule has 0 radical (unpaired) electrons. The second-order valence-corrected chi connectivity index (χ2v) is 13.3. The Morgan fingerprint density at radius 1 is 1.14 bits per heavy atom. The highest BCUT2D eigenvalue weighted by atomic mass is 32.2. The third-order valence-corrected chi connectivity index (χ3v) is 10.9. The van der Waals surface area contributed by atoms with E-state index in [2.05, 4.69) is 18.2 Å². The SMILES string of the molecule is COc1cccc(-c2cc(CCCO)c(C=C3SC(=S)N(C4C5CC6CC(C5)CC4C6)C3=O)s2)c1. The van der Waals surface area contributed by atoms with Gasteiger partial charge in [0.05, 0.1) is 12.0 Å². The molecule has 1 N–H and O–H groups in total. The van der Waals surface area contributed by atoms with E-state index in [1.807, 2.05) is 23.1 Å². The third-order valence-electron chi connectivity index (χ3n) is 8.36. The van der Waals surface area contributed by atoms with E-state index in [1.165, 1.54) is 49.4 Å². The number of thioether (sulfide) groups is 1. The molecule has 1 aromatic heterocycles. The van der Waals surface area contributed by atoms with E-state index in [-0.39, 0.29) is 12.5 Å². The molecule has 1 amide bonds. The van der Waals surface area contributed by atoms with Gasteiger partial charge < -0.3 is 9.84 Å². The standard InChI is InChI=1S/C28H31NO3S3/c1-32-22-6-2-4-18(13-22)23-14-19(5-3-7-30)24(34-23)15-25-27(31)29(28(33)35-25)26-20-9-16-8-17(11-20)12-21(26)10-16/h2,4,6,13-17,20-21,26,30H,3,5,7-12H2,1H3.